The maximum atomic E-state index is 11.6. The molecule has 1 aliphatic carbocycles. The van der Waals surface area contributed by atoms with Crippen LogP contribution in [0.15, 0.2) is 24.3 Å². The Morgan fingerprint density at radius 2 is 2.18 bits per heavy atom. The molecule has 4 heteroatoms. The molecule has 1 aromatic carbocycles. The van der Waals surface area contributed by atoms with Crippen molar-refractivity contribution < 1.29 is 9.53 Å². The molecule has 1 saturated carbocycles. The van der Waals surface area contributed by atoms with Gasteiger partial charge in [0.2, 0.25) is 5.91 Å². The van der Waals surface area contributed by atoms with Crippen LogP contribution in [0.4, 0.5) is 5.69 Å². The molecule has 1 aliphatic rings. The summed E-state index contributed by atoms with van der Waals surface area (Å²) in [5, 5.41) is 2.98. The van der Waals surface area contributed by atoms with Gasteiger partial charge in [-0.25, -0.2) is 0 Å². The quantitative estimate of drug-likeness (QED) is 0.762. The SMILES string of the molecule is CC1(NC(=O)CCOc2ccccc2N)CC1. The fourth-order valence-electron chi connectivity index (χ4n) is 1.58. The summed E-state index contributed by atoms with van der Waals surface area (Å²) in [7, 11) is 0. The van der Waals surface area contributed by atoms with Gasteiger partial charge in [-0.05, 0) is 31.9 Å². The van der Waals surface area contributed by atoms with Crippen molar-refractivity contribution in [3.8, 4) is 5.75 Å². The molecule has 1 fully saturated rings. The van der Waals surface area contributed by atoms with E-state index in [9.17, 15) is 4.79 Å². The minimum absolute atomic E-state index is 0.0412. The molecule has 4 nitrogen and oxygen atoms in total. The molecule has 0 aliphatic heterocycles. The van der Waals surface area contributed by atoms with E-state index in [-0.39, 0.29) is 11.4 Å². The van der Waals surface area contributed by atoms with E-state index in [2.05, 4.69) is 12.2 Å². The van der Waals surface area contributed by atoms with E-state index in [1.165, 1.54) is 0 Å². The van der Waals surface area contributed by atoms with Gasteiger partial charge >= 0.3 is 0 Å². The number of carbonyl (C=O) groups is 1. The summed E-state index contributed by atoms with van der Waals surface area (Å²) >= 11 is 0. The Kier molecular flexibility index (Phi) is 3.22. The smallest absolute Gasteiger partial charge is 0.223 e. The monoisotopic (exact) mass is 234 g/mol. The van der Waals surface area contributed by atoms with Gasteiger partial charge in [-0.3, -0.25) is 4.79 Å². The van der Waals surface area contributed by atoms with Crippen LogP contribution in [0.5, 0.6) is 5.75 Å². The lowest BCUT2D eigenvalue weighted by molar-refractivity contribution is -0.122. The average Bonchev–Trinajstić information content (AvgIpc) is 2.99. The van der Waals surface area contributed by atoms with Crippen molar-refractivity contribution in [3.63, 3.8) is 0 Å². The minimum atomic E-state index is 0.0412. The van der Waals surface area contributed by atoms with Gasteiger partial charge in [0, 0.05) is 5.54 Å². The number of nitrogen functional groups attached to an aromatic ring is 1. The molecule has 17 heavy (non-hydrogen) atoms. The van der Waals surface area contributed by atoms with E-state index in [1.807, 2.05) is 12.1 Å². The second-order valence-electron chi connectivity index (χ2n) is 4.75. The predicted molar refractivity (Wildman–Crippen MR) is 66.7 cm³/mol. The Morgan fingerprint density at radius 1 is 1.47 bits per heavy atom. The zero-order valence-corrected chi connectivity index (χ0v) is 10.0. The van der Waals surface area contributed by atoms with Crippen molar-refractivity contribution >= 4 is 11.6 Å². The third kappa shape index (κ3) is 3.37. The highest BCUT2D eigenvalue weighted by Gasteiger charge is 2.38. The van der Waals surface area contributed by atoms with Crippen molar-refractivity contribution in [3.05, 3.63) is 24.3 Å². The molecular weight excluding hydrogens is 216 g/mol. The third-order valence-electron chi connectivity index (χ3n) is 2.95. The van der Waals surface area contributed by atoms with Crippen LogP contribution in [0.25, 0.3) is 0 Å². The van der Waals surface area contributed by atoms with Gasteiger partial charge in [0.1, 0.15) is 5.75 Å². The second-order valence-corrected chi connectivity index (χ2v) is 4.75. The van der Waals surface area contributed by atoms with Crippen LogP contribution in [0, 0.1) is 0 Å². The number of benzene rings is 1. The first kappa shape index (κ1) is 11.8. The lowest BCUT2D eigenvalue weighted by Crippen LogP contribution is -2.34. The molecule has 0 spiro atoms. The molecular formula is C13H18N2O2. The molecule has 0 heterocycles. The fourth-order valence-corrected chi connectivity index (χ4v) is 1.58. The normalized spacial score (nSPS) is 16.3. The third-order valence-corrected chi connectivity index (χ3v) is 2.95. The number of amides is 1. The lowest BCUT2D eigenvalue weighted by Gasteiger charge is -2.12. The van der Waals surface area contributed by atoms with E-state index in [1.54, 1.807) is 12.1 Å². The molecule has 0 saturated heterocycles. The molecule has 2 rings (SSSR count). The first-order chi connectivity index (χ1) is 8.09. The highest BCUT2D eigenvalue weighted by molar-refractivity contribution is 5.77. The molecule has 3 N–H and O–H groups in total. The van der Waals surface area contributed by atoms with E-state index in [0.717, 1.165) is 12.8 Å². The largest absolute Gasteiger partial charge is 0.491 e. The number of nitrogens with two attached hydrogens (primary N) is 1. The van der Waals surface area contributed by atoms with E-state index in [0.29, 0.717) is 24.5 Å². The summed E-state index contributed by atoms with van der Waals surface area (Å²) < 4.78 is 5.46. The van der Waals surface area contributed by atoms with Gasteiger partial charge in [0.05, 0.1) is 18.7 Å². The number of nitrogens with one attached hydrogen (secondary N) is 1. The van der Waals surface area contributed by atoms with E-state index in [4.69, 9.17) is 10.5 Å². The molecule has 0 aromatic heterocycles. The first-order valence-electron chi connectivity index (χ1n) is 5.87. The number of anilines is 1. The van der Waals surface area contributed by atoms with Crippen molar-refractivity contribution in [2.45, 2.75) is 31.7 Å². The summed E-state index contributed by atoms with van der Waals surface area (Å²) in [6.45, 7) is 2.41. The van der Waals surface area contributed by atoms with Crippen molar-refractivity contribution in [2.75, 3.05) is 12.3 Å². The number of ether oxygens (including phenoxy) is 1. The van der Waals surface area contributed by atoms with Gasteiger partial charge in [-0.15, -0.1) is 0 Å². The summed E-state index contributed by atoms with van der Waals surface area (Å²) in [4.78, 5) is 11.6. The molecule has 1 aromatic rings. The standard InChI is InChI=1S/C13H18N2O2/c1-13(7-8-13)15-12(16)6-9-17-11-5-3-2-4-10(11)14/h2-5H,6-9,14H2,1H3,(H,15,16). The minimum Gasteiger partial charge on any atom is -0.491 e. The molecule has 92 valence electrons. The van der Waals surface area contributed by atoms with Gasteiger partial charge in [-0.1, -0.05) is 12.1 Å². The molecule has 0 bridgehead atoms. The first-order valence-corrected chi connectivity index (χ1v) is 5.87. The van der Waals surface area contributed by atoms with Gasteiger partial charge in [-0.2, -0.15) is 0 Å². The van der Waals surface area contributed by atoms with Crippen LogP contribution in [-0.4, -0.2) is 18.1 Å². The Hall–Kier alpha value is -1.71. The molecule has 0 radical (unpaired) electrons. The lowest BCUT2D eigenvalue weighted by atomic mass is 10.3. The number of carbonyl (C=O) groups excluding carboxylic acids is 1. The maximum Gasteiger partial charge on any atom is 0.223 e. The van der Waals surface area contributed by atoms with Crippen LogP contribution in [-0.2, 0) is 4.79 Å². The maximum absolute atomic E-state index is 11.6. The van der Waals surface area contributed by atoms with Crippen molar-refractivity contribution in [1.29, 1.82) is 0 Å². The zero-order chi connectivity index (χ0) is 12.3. The van der Waals surface area contributed by atoms with Crippen LogP contribution in [0.3, 0.4) is 0 Å². The number of hydrogen-bond acceptors (Lipinski definition) is 3. The summed E-state index contributed by atoms with van der Waals surface area (Å²) in [6, 6.07) is 7.29. The summed E-state index contributed by atoms with van der Waals surface area (Å²) in [5.74, 6) is 0.678. The van der Waals surface area contributed by atoms with Crippen molar-refractivity contribution in [2.24, 2.45) is 0 Å². The second kappa shape index (κ2) is 4.65. The van der Waals surface area contributed by atoms with E-state index < -0.39 is 0 Å². The highest BCUT2D eigenvalue weighted by atomic mass is 16.5. The molecule has 0 atom stereocenters. The van der Waals surface area contributed by atoms with Crippen molar-refractivity contribution in [1.82, 2.24) is 5.32 Å². The summed E-state index contributed by atoms with van der Waals surface area (Å²) in [5.41, 5.74) is 6.37. The fraction of sp³-hybridized carbons (Fsp3) is 0.462. The average molecular weight is 234 g/mol. The van der Waals surface area contributed by atoms with Gasteiger partial charge < -0.3 is 15.8 Å². The molecule has 1 amide bonds. The van der Waals surface area contributed by atoms with Crippen LogP contribution < -0.4 is 15.8 Å². The highest BCUT2D eigenvalue weighted by Crippen LogP contribution is 2.34. The van der Waals surface area contributed by atoms with Crippen LogP contribution in [0.2, 0.25) is 0 Å². The van der Waals surface area contributed by atoms with Gasteiger partial charge in [0.25, 0.3) is 0 Å². The Bertz CT molecular complexity index is 414. The topological polar surface area (TPSA) is 64.3 Å². The number of hydrogen-bond donors (Lipinski definition) is 2. The number of para-hydroxylation sites is 2. The summed E-state index contributed by atoms with van der Waals surface area (Å²) in [6.07, 6.45) is 2.51. The van der Waals surface area contributed by atoms with E-state index >= 15 is 0 Å². The predicted octanol–water partition coefficient (Wildman–Crippen LogP) is 1.71. The van der Waals surface area contributed by atoms with Gasteiger partial charge in [0.15, 0.2) is 0 Å². The van der Waals surface area contributed by atoms with Crippen LogP contribution >= 0.6 is 0 Å². The van der Waals surface area contributed by atoms with Crippen LogP contribution in [0.1, 0.15) is 26.2 Å². The number of rotatable bonds is 5. The Morgan fingerprint density at radius 3 is 2.82 bits per heavy atom. The Labute approximate surface area is 101 Å². The zero-order valence-electron chi connectivity index (χ0n) is 10.0. The Balaban J connectivity index is 1.72. The molecule has 0 unspecified atom stereocenters.